The largest absolute Gasteiger partial charge is 0.299 e. The molecule has 1 aliphatic carbocycles. The summed E-state index contributed by atoms with van der Waals surface area (Å²) in [5.41, 5.74) is 1.12. The third-order valence-electron chi connectivity index (χ3n) is 4.08. The molecule has 4 nitrogen and oxygen atoms in total. The van der Waals surface area contributed by atoms with Gasteiger partial charge in [0.1, 0.15) is 5.78 Å². The Balaban J connectivity index is 2.03. The molecular weight excluding hydrogens is 242 g/mol. The van der Waals surface area contributed by atoms with Gasteiger partial charge in [0.15, 0.2) is 0 Å². The molecule has 0 amide bonds. The van der Waals surface area contributed by atoms with E-state index in [-0.39, 0.29) is 11.6 Å². The van der Waals surface area contributed by atoms with Crippen LogP contribution in [0.2, 0.25) is 0 Å². The highest BCUT2D eigenvalue weighted by Gasteiger charge is 2.27. The first-order chi connectivity index (χ1) is 9.10. The SMILES string of the molecule is CCC1CCC(=O)C(Cc2ccc([N+](=O)[O-])cc2)C1. The third-order valence-corrected chi connectivity index (χ3v) is 4.08. The van der Waals surface area contributed by atoms with Gasteiger partial charge in [-0.3, -0.25) is 14.9 Å². The predicted octanol–water partition coefficient (Wildman–Crippen LogP) is 3.53. The summed E-state index contributed by atoms with van der Waals surface area (Å²) in [5.74, 6) is 1.10. The van der Waals surface area contributed by atoms with Crippen LogP contribution in [0.4, 0.5) is 5.69 Å². The lowest BCUT2D eigenvalue weighted by Crippen LogP contribution is -2.26. The van der Waals surface area contributed by atoms with Crippen molar-refractivity contribution in [1.82, 2.24) is 0 Å². The van der Waals surface area contributed by atoms with Crippen LogP contribution >= 0.6 is 0 Å². The van der Waals surface area contributed by atoms with E-state index in [4.69, 9.17) is 0 Å². The maximum Gasteiger partial charge on any atom is 0.269 e. The smallest absolute Gasteiger partial charge is 0.269 e. The molecule has 2 rings (SSSR count). The molecule has 0 aromatic heterocycles. The lowest BCUT2D eigenvalue weighted by Gasteiger charge is -2.27. The monoisotopic (exact) mass is 261 g/mol. The molecule has 2 atom stereocenters. The molecule has 0 aliphatic heterocycles. The molecule has 1 aromatic carbocycles. The summed E-state index contributed by atoms with van der Waals surface area (Å²) >= 11 is 0. The number of carbonyl (C=O) groups is 1. The van der Waals surface area contributed by atoms with Gasteiger partial charge in [-0.2, -0.15) is 0 Å². The average molecular weight is 261 g/mol. The standard InChI is InChI=1S/C15H19NO3/c1-2-11-5-8-15(17)13(9-11)10-12-3-6-14(7-4-12)16(18)19/h3-4,6-7,11,13H,2,5,8-10H2,1H3. The van der Waals surface area contributed by atoms with Crippen LogP contribution in [0.15, 0.2) is 24.3 Å². The Hall–Kier alpha value is -1.71. The van der Waals surface area contributed by atoms with Crippen LogP contribution in [0.1, 0.15) is 38.2 Å². The van der Waals surface area contributed by atoms with Gasteiger partial charge in [0, 0.05) is 24.5 Å². The van der Waals surface area contributed by atoms with Gasteiger partial charge in [0.25, 0.3) is 5.69 Å². The number of carbonyl (C=O) groups excluding carboxylic acids is 1. The Bertz CT molecular complexity index is 467. The Kier molecular flexibility index (Phi) is 4.30. The van der Waals surface area contributed by atoms with E-state index in [1.54, 1.807) is 12.1 Å². The van der Waals surface area contributed by atoms with Gasteiger partial charge in [-0.15, -0.1) is 0 Å². The molecule has 2 unspecified atom stereocenters. The number of rotatable bonds is 4. The number of non-ortho nitro benzene ring substituents is 1. The Morgan fingerprint density at radius 1 is 1.32 bits per heavy atom. The van der Waals surface area contributed by atoms with Gasteiger partial charge in [-0.1, -0.05) is 25.5 Å². The van der Waals surface area contributed by atoms with E-state index in [1.165, 1.54) is 12.1 Å². The summed E-state index contributed by atoms with van der Waals surface area (Å²) in [6.45, 7) is 2.17. The van der Waals surface area contributed by atoms with Crippen LogP contribution < -0.4 is 0 Å². The minimum absolute atomic E-state index is 0.0974. The van der Waals surface area contributed by atoms with Crippen LogP contribution in [0.5, 0.6) is 0 Å². The molecule has 0 saturated heterocycles. The minimum atomic E-state index is -0.400. The Labute approximate surface area is 113 Å². The fourth-order valence-corrected chi connectivity index (χ4v) is 2.81. The molecule has 0 bridgehead atoms. The van der Waals surface area contributed by atoms with E-state index in [9.17, 15) is 14.9 Å². The fraction of sp³-hybridized carbons (Fsp3) is 0.533. The molecule has 19 heavy (non-hydrogen) atoms. The van der Waals surface area contributed by atoms with Crippen LogP contribution in [0.3, 0.4) is 0 Å². The molecule has 1 aromatic rings. The number of benzene rings is 1. The quantitative estimate of drug-likeness (QED) is 0.615. The average Bonchev–Trinajstić information content (AvgIpc) is 2.42. The highest BCUT2D eigenvalue weighted by atomic mass is 16.6. The van der Waals surface area contributed by atoms with Gasteiger partial charge in [0.05, 0.1) is 4.92 Å². The molecule has 0 N–H and O–H groups in total. The molecule has 1 fully saturated rings. The summed E-state index contributed by atoms with van der Waals surface area (Å²) < 4.78 is 0. The van der Waals surface area contributed by atoms with E-state index in [2.05, 4.69) is 6.92 Å². The first kappa shape index (κ1) is 13.7. The highest BCUT2D eigenvalue weighted by molar-refractivity contribution is 5.82. The summed E-state index contributed by atoms with van der Waals surface area (Å²) in [7, 11) is 0. The van der Waals surface area contributed by atoms with E-state index in [1.807, 2.05) is 0 Å². The van der Waals surface area contributed by atoms with Crippen LogP contribution in [-0.4, -0.2) is 10.7 Å². The molecule has 0 spiro atoms. The van der Waals surface area contributed by atoms with E-state index >= 15 is 0 Å². The maximum absolute atomic E-state index is 11.9. The molecular formula is C15H19NO3. The third kappa shape index (κ3) is 3.40. The van der Waals surface area contributed by atoms with Crippen molar-refractivity contribution in [2.75, 3.05) is 0 Å². The molecule has 102 valence electrons. The number of Topliss-reactive ketones (excluding diaryl/α,β-unsaturated/α-hetero) is 1. The van der Waals surface area contributed by atoms with Crippen molar-refractivity contribution in [2.24, 2.45) is 11.8 Å². The Morgan fingerprint density at radius 2 is 2.00 bits per heavy atom. The van der Waals surface area contributed by atoms with Crippen molar-refractivity contribution in [2.45, 2.75) is 39.0 Å². The van der Waals surface area contributed by atoms with E-state index in [0.29, 0.717) is 24.5 Å². The lowest BCUT2D eigenvalue weighted by molar-refractivity contribution is -0.384. The first-order valence-electron chi connectivity index (χ1n) is 6.86. The van der Waals surface area contributed by atoms with Crippen LogP contribution in [0.25, 0.3) is 0 Å². The summed E-state index contributed by atoms with van der Waals surface area (Å²) in [4.78, 5) is 22.1. The first-order valence-corrected chi connectivity index (χ1v) is 6.86. The van der Waals surface area contributed by atoms with Gasteiger partial charge in [0.2, 0.25) is 0 Å². The number of hydrogen-bond acceptors (Lipinski definition) is 3. The summed E-state index contributed by atoms with van der Waals surface area (Å²) in [5, 5.41) is 10.6. The van der Waals surface area contributed by atoms with Crippen molar-refractivity contribution in [3.8, 4) is 0 Å². The second kappa shape index (κ2) is 5.95. The number of nitrogens with zero attached hydrogens (tertiary/aromatic N) is 1. The predicted molar refractivity (Wildman–Crippen MR) is 72.9 cm³/mol. The van der Waals surface area contributed by atoms with Crippen molar-refractivity contribution in [3.63, 3.8) is 0 Å². The topological polar surface area (TPSA) is 60.2 Å². The van der Waals surface area contributed by atoms with Crippen molar-refractivity contribution < 1.29 is 9.72 Å². The molecule has 1 aliphatic rings. The van der Waals surface area contributed by atoms with Gasteiger partial charge < -0.3 is 0 Å². The number of hydrogen-bond donors (Lipinski definition) is 0. The van der Waals surface area contributed by atoms with E-state index < -0.39 is 4.92 Å². The van der Waals surface area contributed by atoms with Crippen LogP contribution in [0, 0.1) is 22.0 Å². The van der Waals surface area contributed by atoms with Gasteiger partial charge in [-0.25, -0.2) is 0 Å². The number of nitro benzene ring substituents is 1. The van der Waals surface area contributed by atoms with Crippen molar-refractivity contribution in [1.29, 1.82) is 0 Å². The number of nitro groups is 1. The second-order valence-electron chi connectivity index (χ2n) is 5.34. The van der Waals surface area contributed by atoms with Crippen molar-refractivity contribution >= 4 is 11.5 Å². The summed E-state index contributed by atoms with van der Waals surface area (Å²) in [6, 6.07) is 6.56. The van der Waals surface area contributed by atoms with Gasteiger partial charge >= 0.3 is 0 Å². The molecule has 1 saturated carbocycles. The second-order valence-corrected chi connectivity index (χ2v) is 5.34. The van der Waals surface area contributed by atoms with E-state index in [0.717, 1.165) is 24.8 Å². The minimum Gasteiger partial charge on any atom is -0.299 e. The Morgan fingerprint density at radius 3 is 2.58 bits per heavy atom. The van der Waals surface area contributed by atoms with Crippen LogP contribution in [-0.2, 0) is 11.2 Å². The normalized spacial score (nSPS) is 23.3. The molecule has 4 heteroatoms. The van der Waals surface area contributed by atoms with Gasteiger partial charge in [-0.05, 0) is 30.7 Å². The summed E-state index contributed by atoms with van der Waals surface area (Å²) in [6.07, 6.45) is 4.52. The zero-order chi connectivity index (χ0) is 13.8. The highest BCUT2D eigenvalue weighted by Crippen LogP contribution is 2.31. The fourth-order valence-electron chi connectivity index (χ4n) is 2.81. The lowest BCUT2D eigenvalue weighted by atomic mass is 9.77. The number of ketones is 1. The van der Waals surface area contributed by atoms with Crippen molar-refractivity contribution in [3.05, 3.63) is 39.9 Å². The molecule has 0 heterocycles. The maximum atomic E-state index is 11.9. The molecule has 0 radical (unpaired) electrons. The zero-order valence-electron chi connectivity index (χ0n) is 11.2. The zero-order valence-corrected chi connectivity index (χ0v) is 11.2.